The summed E-state index contributed by atoms with van der Waals surface area (Å²) in [6.07, 6.45) is 5.12. The second-order valence-corrected chi connectivity index (χ2v) is 4.69. The average Bonchev–Trinajstić information content (AvgIpc) is 2.65. The lowest BCUT2D eigenvalue weighted by Gasteiger charge is -2.13. The molecule has 0 saturated carbocycles. The second-order valence-electron chi connectivity index (χ2n) is 2.78. The SMILES string of the molecule is CCC(NCCSC)c1nccs1. The van der Waals surface area contributed by atoms with Gasteiger partial charge in [0.15, 0.2) is 0 Å². The predicted octanol–water partition coefficient (Wildman–Crippen LogP) is 2.55. The first-order valence-corrected chi connectivity index (χ1v) is 6.77. The molecule has 0 bridgehead atoms. The van der Waals surface area contributed by atoms with Gasteiger partial charge in [-0.05, 0) is 12.7 Å². The highest BCUT2D eigenvalue weighted by Gasteiger charge is 2.09. The van der Waals surface area contributed by atoms with Crippen molar-refractivity contribution in [1.82, 2.24) is 10.3 Å². The van der Waals surface area contributed by atoms with Crippen molar-refractivity contribution >= 4 is 23.1 Å². The lowest BCUT2D eigenvalue weighted by Crippen LogP contribution is -2.22. The topological polar surface area (TPSA) is 24.9 Å². The molecule has 1 heterocycles. The monoisotopic (exact) mass is 216 g/mol. The van der Waals surface area contributed by atoms with E-state index in [1.165, 1.54) is 10.8 Å². The molecule has 0 amide bonds. The number of aromatic nitrogens is 1. The summed E-state index contributed by atoms with van der Waals surface area (Å²) in [6, 6.07) is 0.451. The molecule has 0 fully saturated rings. The maximum Gasteiger partial charge on any atom is 0.109 e. The van der Waals surface area contributed by atoms with Crippen LogP contribution in [0.2, 0.25) is 0 Å². The van der Waals surface area contributed by atoms with Gasteiger partial charge in [0.05, 0.1) is 6.04 Å². The summed E-state index contributed by atoms with van der Waals surface area (Å²) >= 11 is 3.61. The van der Waals surface area contributed by atoms with Gasteiger partial charge in [-0.25, -0.2) is 4.98 Å². The Kier molecular flexibility index (Phi) is 5.43. The van der Waals surface area contributed by atoms with Crippen molar-refractivity contribution in [2.75, 3.05) is 18.6 Å². The molecule has 0 radical (unpaired) electrons. The van der Waals surface area contributed by atoms with E-state index in [-0.39, 0.29) is 0 Å². The molecule has 0 aliphatic rings. The van der Waals surface area contributed by atoms with Gasteiger partial charge in [-0.15, -0.1) is 11.3 Å². The van der Waals surface area contributed by atoms with E-state index in [0.717, 1.165) is 13.0 Å². The molecule has 2 nitrogen and oxygen atoms in total. The number of thiazole rings is 1. The van der Waals surface area contributed by atoms with E-state index in [1.54, 1.807) is 11.3 Å². The van der Waals surface area contributed by atoms with Crippen molar-refractivity contribution < 1.29 is 0 Å². The van der Waals surface area contributed by atoms with Gasteiger partial charge in [-0.2, -0.15) is 11.8 Å². The van der Waals surface area contributed by atoms with Gasteiger partial charge in [-0.1, -0.05) is 6.92 Å². The van der Waals surface area contributed by atoms with E-state index in [4.69, 9.17) is 0 Å². The van der Waals surface area contributed by atoms with Crippen LogP contribution in [0, 0.1) is 0 Å². The lowest BCUT2D eigenvalue weighted by molar-refractivity contribution is 0.537. The summed E-state index contributed by atoms with van der Waals surface area (Å²) in [5, 5.41) is 6.75. The Balaban J connectivity index is 2.35. The summed E-state index contributed by atoms with van der Waals surface area (Å²) in [5.41, 5.74) is 0. The van der Waals surface area contributed by atoms with Gasteiger partial charge >= 0.3 is 0 Å². The molecule has 74 valence electrons. The zero-order chi connectivity index (χ0) is 9.52. The molecule has 1 atom stereocenters. The molecule has 0 spiro atoms. The van der Waals surface area contributed by atoms with E-state index in [1.807, 2.05) is 23.3 Å². The van der Waals surface area contributed by atoms with Crippen molar-refractivity contribution in [3.8, 4) is 0 Å². The minimum absolute atomic E-state index is 0.451. The zero-order valence-electron chi connectivity index (χ0n) is 8.12. The van der Waals surface area contributed by atoms with Gasteiger partial charge in [-0.3, -0.25) is 0 Å². The van der Waals surface area contributed by atoms with E-state index in [0.29, 0.717) is 6.04 Å². The summed E-state index contributed by atoms with van der Waals surface area (Å²) in [7, 11) is 0. The van der Waals surface area contributed by atoms with Crippen molar-refractivity contribution in [1.29, 1.82) is 0 Å². The number of nitrogens with one attached hydrogen (secondary N) is 1. The van der Waals surface area contributed by atoms with E-state index in [2.05, 4.69) is 23.5 Å². The highest BCUT2D eigenvalue weighted by atomic mass is 32.2. The Morgan fingerprint density at radius 2 is 2.54 bits per heavy atom. The van der Waals surface area contributed by atoms with Crippen LogP contribution in [-0.2, 0) is 0 Å². The van der Waals surface area contributed by atoms with Crippen LogP contribution in [0.15, 0.2) is 11.6 Å². The number of thioether (sulfide) groups is 1. The highest BCUT2D eigenvalue weighted by Crippen LogP contribution is 2.18. The first-order chi connectivity index (χ1) is 6.38. The van der Waals surface area contributed by atoms with Crippen molar-refractivity contribution in [3.05, 3.63) is 16.6 Å². The minimum atomic E-state index is 0.451. The molecule has 0 aliphatic carbocycles. The molecule has 1 aromatic heterocycles. The van der Waals surface area contributed by atoms with Crippen molar-refractivity contribution in [3.63, 3.8) is 0 Å². The number of hydrogen-bond donors (Lipinski definition) is 1. The third kappa shape index (κ3) is 3.67. The fourth-order valence-corrected chi connectivity index (χ4v) is 2.27. The number of nitrogens with zero attached hydrogens (tertiary/aromatic N) is 1. The third-order valence-electron chi connectivity index (χ3n) is 1.85. The van der Waals surface area contributed by atoms with Gasteiger partial charge in [0.25, 0.3) is 0 Å². The Labute approximate surface area is 88.2 Å². The molecule has 4 heteroatoms. The quantitative estimate of drug-likeness (QED) is 0.740. The second kappa shape index (κ2) is 6.40. The van der Waals surface area contributed by atoms with E-state index < -0.39 is 0 Å². The molecule has 0 saturated heterocycles. The normalized spacial score (nSPS) is 13.1. The maximum atomic E-state index is 4.32. The smallest absolute Gasteiger partial charge is 0.109 e. The van der Waals surface area contributed by atoms with Crippen LogP contribution in [0.25, 0.3) is 0 Å². The largest absolute Gasteiger partial charge is 0.307 e. The minimum Gasteiger partial charge on any atom is -0.307 e. The molecular formula is C9H16N2S2. The van der Waals surface area contributed by atoms with Crippen molar-refractivity contribution in [2.24, 2.45) is 0 Å². The van der Waals surface area contributed by atoms with Crippen LogP contribution in [0.4, 0.5) is 0 Å². The van der Waals surface area contributed by atoms with Crippen molar-refractivity contribution in [2.45, 2.75) is 19.4 Å². The Bertz CT molecular complexity index is 211. The summed E-state index contributed by atoms with van der Waals surface area (Å²) < 4.78 is 0. The molecule has 1 rings (SSSR count). The molecule has 0 aromatic carbocycles. The average molecular weight is 216 g/mol. The van der Waals surface area contributed by atoms with Gasteiger partial charge in [0, 0.05) is 23.9 Å². The summed E-state index contributed by atoms with van der Waals surface area (Å²) in [4.78, 5) is 4.32. The molecular weight excluding hydrogens is 200 g/mol. The van der Waals surface area contributed by atoms with Crippen LogP contribution in [0.1, 0.15) is 24.4 Å². The Hall–Kier alpha value is -0.0600. The molecule has 1 N–H and O–H groups in total. The third-order valence-corrected chi connectivity index (χ3v) is 3.36. The zero-order valence-corrected chi connectivity index (χ0v) is 9.75. The first kappa shape index (κ1) is 11.0. The molecule has 13 heavy (non-hydrogen) atoms. The molecule has 1 unspecified atom stereocenters. The highest BCUT2D eigenvalue weighted by molar-refractivity contribution is 7.98. The van der Waals surface area contributed by atoms with E-state index >= 15 is 0 Å². The fourth-order valence-electron chi connectivity index (χ4n) is 1.15. The predicted molar refractivity (Wildman–Crippen MR) is 61.5 cm³/mol. The summed E-state index contributed by atoms with van der Waals surface area (Å²) in [6.45, 7) is 3.26. The van der Waals surface area contributed by atoms with Gasteiger partial charge in [0.1, 0.15) is 5.01 Å². The van der Waals surface area contributed by atoms with Gasteiger partial charge in [0.2, 0.25) is 0 Å². The Morgan fingerprint density at radius 1 is 1.69 bits per heavy atom. The van der Waals surface area contributed by atoms with Crippen LogP contribution < -0.4 is 5.32 Å². The number of rotatable bonds is 6. The van der Waals surface area contributed by atoms with Gasteiger partial charge < -0.3 is 5.32 Å². The Morgan fingerprint density at radius 3 is 3.08 bits per heavy atom. The van der Waals surface area contributed by atoms with Crippen LogP contribution in [0.5, 0.6) is 0 Å². The van der Waals surface area contributed by atoms with E-state index in [9.17, 15) is 0 Å². The first-order valence-electron chi connectivity index (χ1n) is 4.50. The van der Waals surface area contributed by atoms with Crippen LogP contribution >= 0.6 is 23.1 Å². The van der Waals surface area contributed by atoms with Crippen LogP contribution in [-0.4, -0.2) is 23.5 Å². The fraction of sp³-hybridized carbons (Fsp3) is 0.667. The summed E-state index contributed by atoms with van der Waals surface area (Å²) in [5.74, 6) is 1.17. The number of hydrogen-bond acceptors (Lipinski definition) is 4. The maximum absolute atomic E-state index is 4.32. The standard InChI is InChI=1S/C9H16N2S2/c1-3-8(10-4-6-12-2)9-11-5-7-13-9/h5,7-8,10H,3-4,6H2,1-2H3. The molecule has 0 aliphatic heterocycles. The molecule has 1 aromatic rings. The van der Waals surface area contributed by atoms with Crippen LogP contribution in [0.3, 0.4) is 0 Å². The lowest BCUT2D eigenvalue weighted by atomic mass is 10.2.